The molecule has 2 aromatic rings. The number of hydrogen-bond donors (Lipinski definition) is 1. The van der Waals surface area contributed by atoms with Gasteiger partial charge in [-0.15, -0.1) is 0 Å². The molecule has 0 radical (unpaired) electrons. The monoisotopic (exact) mass is 253 g/mol. The van der Waals surface area contributed by atoms with Crippen LogP contribution in [0.5, 0.6) is 0 Å². The number of benzene rings is 1. The highest BCUT2D eigenvalue weighted by molar-refractivity contribution is 5.96. The summed E-state index contributed by atoms with van der Waals surface area (Å²) in [5.74, 6) is -1.24. The van der Waals surface area contributed by atoms with Crippen LogP contribution < -0.4 is 0 Å². The fraction of sp³-hybridized carbons (Fsp3) is 0.0714. The topological polar surface area (TPSA) is 78.9 Å². The van der Waals surface area contributed by atoms with E-state index < -0.39 is 5.97 Å². The molecule has 5 nitrogen and oxygen atoms in total. The SMILES string of the molecule is N#C/C(=C/c1cnn(Cc2ccccc2)c1)C(=O)O. The van der Waals surface area contributed by atoms with Gasteiger partial charge in [-0.3, -0.25) is 4.68 Å². The lowest BCUT2D eigenvalue weighted by molar-refractivity contribution is -0.132. The number of carbonyl (C=O) groups is 1. The zero-order chi connectivity index (χ0) is 13.7. The van der Waals surface area contributed by atoms with Gasteiger partial charge in [-0.1, -0.05) is 30.3 Å². The van der Waals surface area contributed by atoms with Crippen molar-refractivity contribution in [2.24, 2.45) is 0 Å². The summed E-state index contributed by atoms with van der Waals surface area (Å²) in [7, 11) is 0. The van der Waals surface area contributed by atoms with Crippen molar-refractivity contribution in [3.8, 4) is 6.07 Å². The predicted octanol–water partition coefficient (Wildman–Crippen LogP) is 1.92. The van der Waals surface area contributed by atoms with Gasteiger partial charge in [-0.05, 0) is 11.6 Å². The van der Waals surface area contributed by atoms with E-state index in [9.17, 15) is 4.79 Å². The van der Waals surface area contributed by atoms with Crippen molar-refractivity contribution in [2.45, 2.75) is 6.54 Å². The van der Waals surface area contributed by atoms with Gasteiger partial charge in [0.05, 0.1) is 12.7 Å². The second-order valence-electron chi connectivity index (χ2n) is 3.93. The van der Waals surface area contributed by atoms with Crippen LogP contribution in [0.3, 0.4) is 0 Å². The Morgan fingerprint density at radius 2 is 2.16 bits per heavy atom. The van der Waals surface area contributed by atoms with Crippen LogP contribution in [0, 0.1) is 11.3 Å². The minimum atomic E-state index is -1.24. The van der Waals surface area contributed by atoms with Crippen LogP contribution in [0.4, 0.5) is 0 Å². The summed E-state index contributed by atoms with van der Waals surface area (Å²) in [6.07, 6.45) is 4.54. The molecular formula is C14H11N3O2. The smallest absolute Gasteiger partial charge is 0.346 e. The lowest BCUT2D eigenvalue weighted by atomic mass is 10.2. The maximum absolute atomic E-state index is 10.7. The molecule has 0 saturated heterocycles. The lowest BCUT2D eigenvalue weighted by Crippen LogP contribution is -1.99. The molecule has 0 amide bonds. The zero-order valence-corrected chi connectivity index (χ0v) is 10.0. The first-order valence-electron chi connectivity index (χ1n) is 5.60. The summed E-state index contributed by atoms with van der Waals surface area (Å²) in [6.45, 7) is 0.601. The van der Waals surface area contributed by atoms with Gasteiger partial charge in [0.2, 0.25) is 0 Å². The molecule has 94 valence electrons. The standard InChI is InChI=1S/C14H11N3O2/c15-7-13(14(18)19)6-12-8-16-17(10-12)9-11-4-2-1-3-5-11/h1-6,8,10H,9H2,(H,18,19)/b13-6-. The van der Waals surface area contributed by atoms with Crippen molar-refractivity contribution in [3.05, 3.63) is 59.4 Å². The van der Waals surface area contributed by atoms with Gasteiger partial charge in [0.1, 0.15) is 11.6 Å². The lowest BCUT2D eigenvalue weighted by Gasteiger charge is -2.00. The molecule has 1 aromatic carbocycles. The zero-order valence-electron chi connectivity index (χ0n) is 10.0. The van der Waals surface area contributed by atoms with Crippen LogP contribution >= 0.6 is 0 Å². The van der Waals surface area contributed by atoms with Crippen molar-refractivity contribution in [1.29, 1.82) is 5.26 Å². The third kappa shape index (κ3) is 3.30. The Morgan fingerprint density at radius 1 is 1.42 bits per heavy atom. The van der Waals surface area contributed by atoms with Gasteiger partial charge >= 0.3 is 5.97 Å². The van der Waals surface area contributed by atoms with Crippen LogP contribution in [0.15, 0.2) is 48.3 Å². The first kappa shape index (κ1) is 12.6. The van der Waals surface area contributed by atoms with Crippen LogP contribution in [0.1, 0.15) is 11.1 Å². The van der Waals surface area contributed by atoms with E-state index in [1.54, 1.807) is 16.9 Å². The quantitative estimate of drug-likeness (QED) is 0.667. The van der Waals surface area contributed by atoms with Crippen molar-refractivity contribution in [3.63, 3.8) is 0 Å². The highest BCUT2D eigenvalue weighted by atomic mass is 16.4. The number of carboxylic acids is 1. The number of aliphatic carboxylic acids is 1. The number of carboxylic acid groups (broad SMARTS) is 1. The molecule has 0 bridgehead atoms. The fourth-order valence-electron chi connectivity index (χ4n) is 1.62. The largest absolute Gasteiger partial charge is 0.477 e. The molecular weight excluding hydrogens is 242 g/mol. The van der Waals surface area contributed by atoms with Crippen molar-refractivity contribution < 1.29 is 9.90 Å². The Bertz CT molecular complexity index is 651. The van der Waals surface area contributed by atoms with Gasteiger partial charge < -0.3 is 5.11 Å². The molecule has 0 unspecified atom stereocenters. The Kier molecular flexibility index (Phi) is 3.74. The Balaban J connectivity index is 2.16. The minimum absolute atomic E-state index is 0.306. The second kappa shape index (κ2) is 5.65. The van der Waals surface area contributed by atoms with Gasteiger partial charge in [-0.2, -0.15) is 10.4 Å². The highest BCUT2D eigenvalue weighted by Gasteiger charge is 2.06. The molecule has 2 rings (SSSR count). The molecule has 0 aliphatic heterocycles. The van der Waals surface area contributed by atoms with E-state index in [0.29, 0.717) is 12.1 Å². The molecule has 1 heterocycles. The Labute approximate surface area is 110 Å². The summed E-state index contributed by atoms with van der Waals surface area (Å²) in [6, 6.07) is 11.4. The molecule has 0 atom stereocenters. The molecule has 0 spiro atoms. The third-order valence-corrected chi connectivity index (χ3v) is 2.50. The average Bonchev–Trinajstić information content (AvgIpc) is 2.84. The normalized spacial score (nSPS) is 11.0. The number of aromatic nitrogens is 2. The van der Waals surface area contributed by atoms with Crippen molar-refractivity contribution in [2.75, 3.05) is 0 Å². The van der Waals surface area contributed by atoms with E-state index in [-0.39, 0.29) is 5.57 Å². The first-order valence-corrected chi connectivity index (χ1v) is 5.60. The van der Waals surface area contributed by atoms with E-state index in [1.807, 2.05) is 30.3 Å². The van der Waals surface area contributed by atoms with Crippen LogP contribution in [-0.2, 0) is 11.3 Å². The third-order valence-electron chi connectivity index (χ3n) is 2.50. The summed E-state index contributed by atoms with van der Waals surface area (Å²) in [5.41, 5.74) is 1.38. The van der Waals surface area contributed by atoms with Gasteiger partial charge in [0.25, 0.3) is 0 Å². The summed E-state index contributed by atoms with van der Waals surface area (Å²) in [4.78, 5) is 10.7. The molecule has 1 N–H and O–H groups in total. The molecule has 0 fully saturated rings. The second-order valence-corrected chi connectivity index (χ2v) is 3.93. The number of nitrogens with zero attached hydrogens (tertiary/aromatic N) is 3. The van der Waals surface area contributed by atoms with E-state index in [2.05, 4.69) is 5.10 Å². The van der Waals surface area contributed by atoms with Crippen LogP contribution in [-0.4, -0.2) is 20.9 Å². The number of rotatable bonds is 4. The minimum Gasteiger partial charge on any atom is -0.477 e. The molecule has 0 aliphatic rings. The molecule has 1 aromatic heterocycles. The molecule has 0 aliphatic carbocycles. The van der Waals surface area contributed by atoms with Gasteiger partial charge in [0, 0.05) is 11.8 Å². The predicted molar refractivity (Wildman–Crippen MR) is 69.0 cm³/mol. The van der Waals surface area contributed by atoms with E-state index >= 15 is 0 Å². The van der Waals surface area contributed by atoms with Crippen LogP contribution in [0.2, 0.25) is 0 Å². The summed E-state index contributed by atoms with van der Waals surface area (Å²) >= 11 is 0. The molecule has 0 saturated carbocycles. The Hall–Kier alpha value is -2.87. The van der Waals surface area contributed by atoms with E-state index in [4.69, 9.17) is 10.4 Å². The van der Waals surface area contributed by atoms with Crippen molar-refractivity contribution >= 4 is 12.0 Å². The van der Waals surface area contributed by atoms with Gasteiger partial charge in [0.15, 0.2) is 0 Å². The fourth-order valence-corrected chi connectivity index (χ4v) is 1.62. The van der Waals surface area contributed by atoms with Gasteiger partial charge in [-0.25, -0.2) is 4.79 Å². The van der Waals surface area contributed by atoms with E-state index in [1.165, 1.54) is 12.3 Å². The Morgan fingerprint density at radius 3 is 2.79 bits per heavy atom. The first-order chi connectivity index (χ1) is 9.19. The maximum Gasteiger partial charge on any atom is 0.346 e. The van der Waals surface area contributed by atoms with Crippen LogP contribution in [0.25, 0.3) is 6.08 Å². The highest BCUT2D eigenvalue weighted by Crippen LogP contribution is 2.08. The van der Waals surface area contributed by atoms with Crippen molar-refractivity contribution in [1.82, 2.24) is 9.78 Å². The average molecular weight is 253 g/mol. The molecule has 5 heteroatoms. The maximum atomic E-state index is 10.7. The molecule has 19 heavy (non-hydrogen) atoms. The van der Waals surface area contributed by atoms with E-state index in [0.717, 1.165) is 5.56 Å². The summed E-state index contributed by atoms with van der Waals surface area (Å²) in [5, 5.41) is 21.6. The number of nitriles is 1. The number of hydrogen-bond acceptors (Lipinski definition) is 3. The summed E-state index contributed by atoms with van der Waals surface area (Å²) < 4.78 is 1.69.